The third-order valence-corrected chi connectivity index (χ3v) is 5.91. The molecule has 0 aromatic heterocycles. The molecule has 0 aliphatic carbocycles. The zero-order chi connectivity index (χ0) is 21.4. The Hall–Kier alpha value is -2.60. The van der Waals surface area contributed by atoms with Crippen LogP contribution >= 0.6 is 0 Å². The van der Waals surface area contributed by atoms with Gasteiger partial charge in [0.15, 0.2) is 0 Å². The molecule has 2 heterocycles. The molecule has 4 atom stereocenters. The van der Waals surface area contributed by atoms with Crippen molar-refractivity contribution < 1.29 is 13.9 Å². The molecule has 1 N–H and O–H groups in total. The van der Waals surface area contributed by atoms with E-state index in [1.165, 1.54) is 11.6 Å². The highest BCUT2D eigenvalue weighted by Crippen LogP contribution is 2.33. The lowest BCUT2D eigenvalue weighted by Crippen LogP contribution is -2.46. The Bertz CT molecular complexity index is 924. The standard InChI is InChI=1S/C24H30FN3O2/c1-15-11-19-7-5-6-8-22(19)28(15)24(29)18(4)26-20-9-10-23(21(25)12-20)27-13-16(2)30-17(3)14-27/h5-10,12,15-18,26H,11,13-14H2,1-4H3. The summed E-state index contributed by atoms with van der Waals surface area (Å²) in [4.78, 5) is 17.0. The minimum atomic E-state index is -0.465. The maximum absolute atomic E-state index is 14.9. The van der Waals surface area contributed by atoms with E-state index < -0.39 is 6.04 Å². The molecule has 0 bridgehead atoms. The second-order valence-corrected chi connectivity index (χ2v) is 8.58. The first-order valence-electron chi connectivity index (χ1n) is 10.7. The lowest BCUT2D eigenvalue weighted by atomic mass is 10.1. The molecule has 2 aliphatic heterocycles. The van der Waals surface area contributed by atoms with E-state index in [2.05, 4.69) is 18.3 Å². The lowest BCUT2D eigenvalue weighted by molar-refractivity contribution is -0.119. The van der Waals surface area contributed by atoms with Gasteiger partial charge in [-0.05, 0) is 63.9 Å². The SMILES string of the molecule is CC1CN(c2ccc(NC(C)C(=O)N3c4ccccc4CC3C)cc2F)CC(C)O1. The maximum atomic E-state index is 14.9. The molecule has 0 saturated carbocycles. The highest BCUT2D eigenvalue weighted by atomic mass is 19.1. The average Bonchev–Trinajstić information content (AvgIpc) is 3.02. The largest absolute Gasteiger partial charge is 0.374 e. The maximum Gasteiger partial charge on any atom is 0.249 e. The van der Waals surface area contributed by atoms with Gasteiger partial charge in [-0.25, -0.2) is 4.39 Å². The monoisotopic (exact) mass is 411 g/mol. The van der Waals surface area contributed by atoms with Gasteiger partial charge in [-0.15, -0.1) is 0 Å². The van der Waals surface area contributed by atoms with Gasteiger partial charge in [-0.2, -0.15) is 0 Å². The summed E-state index contributed by atoms with van der Waals surface area (Å²) in [5.74, 6) is -0.298. The molecule has 0 radical (unpaired) electrons. The third kappa shape index (κ3) is 4.01. The number of nitrogens with one attached hydrogen (secondary N) is 1. The van der Waals surface area contributed by atoms with Gasteiger partial charge in [-0.3, -0.25) is 4.79 Å². The Labute approximate surface area is 177 Å². The number of fused-ring (bicyclic) bond motifs is 1. The first-order valence-corrected chi connectivity index (χ1v) is 10.7. The Morgan fingerprint density at radius 1 is 1.10 bits per heavy atom. The summed E-state index contributed by atoms with van der Waals surface area (Å²) in [6.45, 7) is 9.21. The van der Waals surface area contributed by atoms with E-state index in [4.69, 9.17) is 4.74 Å². The van der Waals surface area contributed by atoms with Crippen LogP contribution in [0.3, 0.4) is 0 Å². The highest BCUT2D eigenvalue weighted by molar-refractivity contribution is 6.00. The zero-order valence-electron chi connectivity index (χ0n) is 18.1. The van der Waals surface area contributed by atoms with Crippen LogP contribution in [0.5, 0.6) is 0 Å². The normalized spacial score (nSPS) is 24.5. The first-order chi connectivity index (χ1) is 14.3. The number of anilines is 3. The molecule has 2 aromatic carbocycles. The van der Waals surface area contributed by atoms with Crippen molar-refractivity contribution in [3.05, 3.63) is 53.8 Å². The summed E-state index contributed by atoms with van der Waals surface area (Å²) in [6.07, 6.45) is 0.983. The number of carbonyl (C=O) groups excluding carboxylic acids is 1. The molecule has 5 nitrogen and oxygen atoms in total. The quantitative estimate of drug-likeness (QED) is 0.818. The van der Waals surface area contributed by atoms with Crippen molar-refractivity contribution in [1.82, 2.24) is 0 Å². The molecule has 160 valence electrons. The Morgan fingerprint density at radius 3 is 2.50 bits per heavy atom. The van der Waals surface area contributed by atoms with E-state index >= 15 is 0 Å². The third-order valence-electron chi connectivity index (χ3n) is 5.91. The molecule has 30 heavy (non-hydrogen) atoms. The van der Waals surface area contributed by atoms with E-state index in [9.17, 15) is 9.18 Å². The van der Waals surface area contributed by atoms with Gasteiger partial charge in [0.25, 0.3) is 0 Å². The van der Waals surface area contributed by atoms with Gasteiger partial charge >= 0.3 is 0 Å². The molecule has 2 aromatic rings. The van der Waals surface area contributed by atoms with Gasteiger partial charge in [0.1, 0.15) is 11.9 Å². The fourth-order valence-corrected chi connectivity index (χ4v) is 4.65. The van der Waals surface area contributed by atoms with Crippen LogP contribution in [0.15, 0.2) is 42.5 Å². The molecule has 1 amide bonds. The number of rotatable bonds is 4. The predicted octanol–water partition coefficient (Wildman–Crippen LogP) is 4.22. The van der Waals surface area contributed by atoms with Crippen LogP contribution in [0.2, 0.25) is 0 Å². The van der Waals surface area contributed by atoms with Crippen molar-refractivity contribution >= 4 is 23.0 Å². The number of nitrogens with zero attached hydrogens (tertiary/aromatic N) is 2. The van der Waals surface area contributed by atoms with Crippen molar-refractivity contribution in [3.8, 4) is 0 Å². The van der Waals surface area contributed by atoms with Crippen molar-refractivity contribution in [2.75, 3.05) is 28.2 Å². The average molecular weight is 412 g/mol. The molecule has 2 aliphatic rings. The molecule has 0 spiro atoms. The molecule has 6 heteroatoms. The Kier molecular flexibility index (Phi) is 5.69. The van der Waals surface area contributed by atoms with Crippen LogP contribution in [-0.4, -0.2) is 43.3 Å². The molecule has 4 rings (SSSR count). The number of morpholine rings is 1. The topological polar surface area (TPSA) is 44.8 Å². The number of hydrogen-bond donors (Lipinski definition) is 1. The number of ether oxygens (including phenoxy) is 1. The summed E-state index contributed by atoms with van der Waals surface area (Å²) in [5.41, 5.74) is 3.34. The number of para-hydroxylation sites is 1. The second kappa shape index (κ2) is 8.26. The first kappa shape index (κ1) is 20.7. The number of amides is 1. The van der Waals surface area contributed by atoms with Crippen LogP contribution in [0.1, 0.15) is 33.3 Å². The molecular formula is C24H30FN3O2. The van der Waals surface area contributed by atoms with Crippen molar-refractivity contribution in [2.45, 2.75) is 58.4 Å². The summed E-state index contributed by atoms with van der Waals surface area (Å²) in [6, 6.07) is 12.8. The fraction of sp³-hybridized carbons (Fsp3) is 0.458. The summed E-state index contributed by atoms with van der Waals surface area (Å²) in [5, 5.41) is 3.18. The molecular weight excluding hydrogens is 381 g/mol. The molecule has 1 saturated heterocycles. The Morgan fingerprint density at radius 2 is 1.80 bits per heavy atom. The lowest BCUT2D eigenvalue weighted by Gasteiger charge is -2.37. The van der Waals surface area contributed by atoms with Crippen LogP contribution in [0.25, 0.3) is 0 Å². The minimum absolute atomic E-state index is 0.00670. The summed E-state index contributed by atoms with van der Waals surface area (Å²) < 4.78 is 20.6. The summed E-state index contributed by atoms with van der Waals surface area (Å²) in [7, 11) is 0. The van der Waals surface area contributed by atoms with Gasteiger partial charge in [0.2, 0.25) is 5.91 Å². The number of halogens is 1. The number of benzene rings is 2. The predicted molar refractivity (Wildman–Crippen MR) is 119 cm³/mol. The smallest absolute Gasteiger partial charge is 0.249 e. The van der Waals surface area contributed by atoms with Gasteiger partial charge in [0, 0.05) is 30.5 Å². The zero-order valence-corrected chi connectivity index (χ0v) is 18.1. The van der Waals surface area contributed by atoms with Gasteiger partial charge in [0.05, 0.1) is 17.9 Å². The van der Waals surface area contributed by atoms with Crippen molar-refractivity contribution in [1.29, 1.82) is 0 Å². The second-order valence-electron chi connectivity index (χ2n) is 8.58. The molecule has 4 unspecified atom stereocenters. The molecule has 1 fully saturated rings. The highest BCUT2D eigenvalue weighted by Gasteiger charge is 2.33. The number of hydrogen-bond acceptors (Lipinski definition) is 4. The van der Waals surface area contributed by atoms with Crippen LogP contribution in [0, 0.1) is 5.82 Å². The summed E-state index contributed by atoms with van der Waals surface area (Å²) >= 11 is 0. The minimum Gasteiger partial charge on any atom is -0.374 e. The van der Waals surface area contributed by atoms with E-state index in [0.717, 1.165) is 12.1 Å². The van der Waals surface area contributed by atoms with Crippen LogP contribution in [0.4, 0.5) is 21.5 Å². The van der Waals surface area contributed by atoms with Gasteiger partial charge in [-0.1, -0.05) is 18.2 Å². The fourth-order valence-electron chi connectivity index (χ4n) is 4.65. The van der Waals surface area contributed by atoms with Gasteiger partial charge < -0.3 is 19.9 Å². The van der Waals surface area contributed by atoms with Crippen molar-refractivity contribution in [2.24, 2.45) is 0 Å². The van der Waals surface area contributed by atoms with E-state index in [1.54, 1.807) is 6.07 Å². The number of carbonyl (C=O) groups is 1. The van der Waals surface area contributed by atoms with E-state index in [-0.39, 0.29) is 30.0 Å². The van der Waals surface area contributed by atoms with E-state index in [0.29, 0.717) is 24.5 Å². The Balaban J connectivity index is 1.47. The van der Waals surface area contributed by atoms with E-state index in [1.807, 2.05) is 54.8 Å². The van der Waals surface area contributed by atoms with Crippen molar-refractivity contribution in [3.63, 3.8) is 0 Å². The van der Waals surface area contributed by atoms with Crippen LogP contribution < -0.4 is 15.1 Å². The van der Waals surface area contributed by atoms with Crippen LogP contribution in [-0.2, 0) is 16.0 Å².